The summed E-state index contributed by atoms with van der Waals surface area (Å²) in [6.07, 6.45) is 5.46. The molecule has 1 heterocycles. The van der Waals surface area contributed by atoms with E-state index in [1.807, 2.05) is 38.7 Å². The van der Waals surface area contributed by atoms with Crippen LogP contribution in [0.1, 0.15) is 53.4 Å². The van der Waals surface area contributed by atoms with Crippen LogP contribution in [0.2, 0.25) is 0 Å². The van der Waals surface area contributed by atoms with Crippen LogP contribution in [0.25, 0.3) is 0 Å². The smallest absolute Gasteiger partial charge is 0.249 e. The Balaban J connectivity index is 2.30. The third-order valence-corrected chi connectivity index (χ3v) is 4.61. The Morgan fingerprint density at radius 1 is 1.30 bits per heavy atom. The fraction of sp³-hybridized carbons (Fsp3) is 0.750. The summed E-state index contributed by atoms with van der Waals surface area (Å²) < 4.78 is 0. The lowest BCUT2D eigenvalue weighted by Crippen LogP contribution is -2.70. The first kappa shape index (κ1) is 15.1. The number of nitrogens with zero attached hydrogens (tertiary/aromatic N) is 1. The Labute approximate surface area is 121 Å². The highest BCUT2D eigenvalue weighted by Gasteiger charge is 2.52. The number of hydrogen-bond donors (Lipinski definition) is 1. The van der Waals surface area contributed by atoms with Crippen molar-refractivity contribution in [3.63, 3.8) is 0 Å². The highest BCUT2D eigenvalue weighted by atomic mass is 16.2. The molecule has 112 valence electrons. The summed E-state index contributed by atoms with van der Waals surface area (Å²) in [7, 11) is 0. The second kappa shape index (κ2) is 5.58. The standard InChI is InChI=1S/C16H26N2O2/c1-5-16(6-2)15(20)18(10-9-11(3)4)13(12-7-8-12)14(19)17-16/h9,12-13H,5-8,10H2,1-4H3,(H,17,19). The number of carbonyl (C=O) groups is 2. The first-order chi connectivity index (χ1) is 9.45. The Bertz CT molecular complexity index is 430. The van der Waals surface area contributed by atoms with E-state index < -0.39 is 5.54 Å². The van der Waals surface area contributed by atoms with E-state index in [0.29, 0.717) is 25.3 Å². The van der Waals surface area contributed by atoms with Crippen LogP contribution in [0.3, 0.4) is 0 Å². The van der Waals surface area contributed by atoms with Gasteiger partial charge in [0.1, 0.15) is 11.6 Å². The van der Waals surface area contributed by atoms with Crippen LogP contribution in [0, 0.1) is 5.92 Å². The molecule has 2 aliphatic rings. The van der Waals surface area contributed by atoms with E-state index in [1.54, 1.807) is 0 Å². The van der Waals surface area contributed by atoms with Gasteiger partial charge < -0.3 is 10.2 Å². The minimum absolute atomic E-state index is 0.0398. The number of carbonyl (C=O) groups excluding carboxylic acids is 2. The van der Waals surface area contributed by atoms with Gasteiger partial charge in [-0.1, -0.05) is 25.5 Å². The summed E-state index contributed by atoms with van der Waals surface area (Å²) >= 11 is 0. The van der Waals surface area contributed by atoms with Gasteiger partial charge in [0.2, 0.25) is 11.8 Å². The average Bonchev–Trinajstić information content (AvgIpc) is 3.23. The second-order valence-electron chi connectivity index (χ2n) is 6.30. The van der Waals surface area contributed by atoms with Gasteiger partial charge in [-0.25, -0.2) is 0 Å². The number of amides is 2. The minimum Gasteiger partial charge on any atom is -0.340 e. The zero-order chi connectivity index (χ0) is 14.9. The molecule has 1 aliphatic heterocycles. The van der Waals surface area contributed by atoms with Crippen molar-refractivity contribution < 1.29 is 9.59 Å². The maximum Gasteiger partial charge on any atom is 0.249 e. The quantitative estimate of drug-likeness (QED) is 0.784. The molecule has 4 nitrogen and oxygen atoms in total. The van der Waals surface area contributed by atoms with Crippen molar-refractivity contribution in [2.45, 2.75) is 65.0 Å². The van der Waals surface area contributed by atoms with E-state index in [-0.39, 0.29) is 17.9 Å². The molecule has 1 saturated heterocycles. The predicted octanol–water partition coefficient (Wildman–Crippen LogP) is 2.25. The predicted molar refractivity (Wildman–Crippen MR) is 79.1 cm³/mol. The van der Waals surface area contributed by atoms with Crippen LogP contribution < -0.4 is 5.32 Å². The first-order valence-corrected chi connectivity index (χ1v) is 7.71. The van der Waals surface area contributed by atoms with Crippen molar-refractivity contribution in [3.05, 3.63) is 11.6 Å². The van der Waals surface area contributed by atoms with Gasteiger partial charge in [0.25, 0.3) is 0 Å². The molecule has 1 atom stereocenters. The number of allylic oxidation sites excluding steroid dienone is 1. The molecule has 2 amide bonds. The third kappa shape index (κ3) is 2.60. The van der Waals surface area contributed by atoms with Crippen LogP contribution in [-0.4, -0.2) is 34.8 Å². The van der Waals surface area contributed by atoms with Crippen LogP contribution in [0.15, 0.2) is 11.6 Å². The number of nitrogens with one attached hydrogen (secondary N) is 1. The molecular weight excluding hydrogens is 252 g/mol. The Morgan fingerprint density at radius 3 is 2.35 bits per heavy atom. The molecule has 2 rings (SSSR count). The summed E-state index contributed by atoms with van der Waals surface area (Å²) in [6.45, 7) is 8.54. The third-order valence-electron chi connectivity index (χ3n) is 4.61. The molecule has 1 aliphatic carbocycles. The van der Waals surface area contributed by atoms with Crippen LogP contribution in [0.4, 0.5) is 0 Å². The molecule has 0 aromatic carbocycles. The first-order valence-electron chi connectivity index (χ1n) is 7.71. The lowest BCUT2D eigenvalue weighted by atomic mass is 9.86. The summed E-state index contributed by atoms with van der Waals surface area (Å²) in [5.74, 6) is 0.491. The van der Waals surface area contributed by atoms with Crippen molar-refractivity contribution in [1.29, 1.82) is 0 Å². The van der Waals surface area contributed by atoms with Gasteiger partial charge in [0.05, 0.1) is 0 Å². The zero-order valence-electron chi connectivity index (χ0n) is 13.0. The molecule has 20 heavy (non-hydrogen) atoms. The highest BCUT2D eigenvalue weighted by Crippen LogP contribution is 2.39. The highest BCUT2D eigenvalue weighted by molar-refractivity contribution is 6.00. The van der Waals surface area contributed by atoms with Crippen molar-refractivity contribution in [1.82, 2.24) is 10.2 Å². The van der Waals surface area contributed by atoms with Gasteiger partial charge >= 0.3 is 0 Å². The molecule has 1 N–H and O–H groups in total. The summed E-state index contributed by atoms with van der Waals surface area (Å²) in [5, 5.41) is 3.02. The Kier molecular flexibility index (Phi) is 4.21. The summed E-state index contributed by atoms with van der Waals surface area (Å²) in [4.78, 5) is 27.2. The van der Waals surface area contributed by atoms with Gasteiger partial charge in [-0.2, -0.15) is 0 Å². The van der Waals surface area contributed by atoms with Gasteiger partial charge in [-0.05, 0) is 45.4 Å². The second-order valence-corrected chi connectivity index (χ2v) is 6.30. The normalized spacial score (nSPS) is 25.4. The molecule has 0 radical (unpaired) electrons. The number of rotatable bonds is 5. The molecule has 4 heteroatoms. The number of hydrogen-bond acceptors (Lipinski definition) is 2. The average molecular weight is 278 g/mol. The number of piperazine rings is 1. The summed E-state index contributed by atoms with van der Waals surface area (Å²) in [5.41, 5.74) is 0.481. The monoisotopic (exact) mass is 278 g/mol. The fourth-order valence-corrected chi connectivity index (χ4v) is 2.99. The lowest BCUT2D eigenvalue weighted by molar-refractivity contribution is -0.155. The van der Waals surface area contributed by atoms with Crippen molar-refractivity contribution >= 4 is 11.8 Å². The molecule has 0 aromatic heterocycles. The Hall–Kier alpha value is -1.32. The maximum absolute atomic E-state index is 12.9. The molecule has 1 unspecified atom stereocenters. The van der Waals surface area contributed by atoms with Crippen LogP contribution in [-0.2, 0) is 9.59 Å². The van der Waals surface area contributed by atoms with E-state index in [4.69, 9.17) is 0 Å². The lowest BCUT2D eigenvalue weighted by Gasteiger charge is -2.45. The molecule has 0 spiro atoms. The van der Waals surface area contributed by atoms with E-state index in [1.165, 1.54) is 5.57 Å². The van der Waals surface area contributed by atoms with Gasteiger partial charge in [-0.3, -0.25) is 9.59 Å². The molecular formula is C16H26N2O2. The topological polar surface area (TPSA) is 49.4 Å². The zero-order valence-corrected chi connectivity index (χ0v) is 13.0. The van der Waals surface area contributed by atoms with E-state index in [9.17, 15) is 9.59 Å². The maximum atomic E-state index is 12.9. The molecule has 2 fully saturated rings. The van der Waals surface area contributed by atoms with Crippen molar-refractivity contribution in [2.75, 3.05) is 6.54 Å². The van der Waals surface area contributed by atoms with Crippen LogP contribution in [0.5, 0.6) is 0 Å². The van der Waals surface area contributed by atoms with Crippen LogP contribution >= 0.6 is 0 Å². The fourth-order valence-electron chi connectivity index (χ4n) is 2.99. The SMILES string of the molecule is CCC1(CC)NC(=O)C(C2CC2)N(CC=C(C)C)C1=O. The van der Waals surface area contributed by atoms with Crippen molar-refractivity contribution in [3.8, 4) is 0 Å². The van der Waals surface area contributed by atoms with E-state index in [2.05, 4.69) is 5.32 Å². The van der Waals surface area contributed by atoms with E-state index in [0.717, 1.165) is 12.8 Å². The molecule has 0 bridgehead atoms. The van der Waals surface area contributed by atoms with Gasteiger partial charge in [0, 0.05) is 6.54 Å². The largest absolute Gasteiger partial charge is 0.340 e. The molecule has 1 saturated carbocycles. The van der Waals surface area contributed by atoms with E-state index >= 15 is 0 Å². The molecule has 0 aromatic rings. The minimum atomic E-state index is -0.696. The van der Waals surface area contributed by atoms with Gasteiger partial charge in [-0.15, -0.1) is 0 Å². The summed E-state index contributed by atoms with van der Waals surface area (Å²) in [6, 6.07) is -0.260. The van der Waals surface area contributed by atoms with Gasteiger partial charge in [0.15, 0.2) is 0 Å². The van der Waals surface area contributed by atoms with Crippen molar-refractivity contribution in [2.24, 2.45) is 5.92 Å². The Morgan fingerprint density at radius 2 is 1.90 bits per heavy atom.